The molecule has 0 aliphatic rings. The van der Waals surface area contributed by atoms with Crippen molar-refractivity contribution < 1.29 is 104 Å². The van der Waals surface area contributed by atoms with Gasteiger partial charge in [-0.15, -0.1) is 0 Å². The molecule has 26 heteroatoms. The Balaban J connectivity index is 1.57. The Kier molecular flexibility index (Phi) is 39.7. The third-order valence-corrected chi connectivity index (χ3v) is 27.7. The van der Waals surface area contributed by atoms with E-state index >= 15 is 47.9 Å². The lowest BCUT2D eigenvalue weighted by Crippen LogP contribution is -2.52. The number of esters is 8. The predicted octanol–water partition coefficient (Wildman–Crippen LogP) is 22.6. The number of carbonyl (C=O) groups is 11. The third kappa shape index (κ3) is 33.6. The van der Waals surface area contributed by atoms with Crippen LogP contribution >= 0.6 is 0 Å². The summed E-state index contributed by atoms with van der Waals surface area (Å²) in [6, 6.07) is 62.4. The van der Waals surface area contributed by atoms with Gasteiger partial charge in [-0.1, -0.05) is 233 Å². The van der Waals surface area contributed by atoms with E-state index in [1.807, 2.05) is 114 Å². The number of nitrogens with zero attached hydrogens (tertiary/aromatic N) is 1. The molecule has 0 bridgehead atoms. The van der Waals surface area contributed by atoms with Gasteiger partial charge in [0.25, 0.3) is 17.9 Å². The van der Waals surface area contributed by atoms with Crippen molar-refractivity contribution in [2.45, 2.75) is 280 Å². The van der Waals surface area contributed by atoms with Crippen LogP contribution in [0.4, 0.5) is 0 Å². The lowest BCUT2D eigenvalue weighted by molar-refractivity contribution is -0.178. The lowest BCUT2D eigenvalue weighted by Gasteiger charge is -2.48. The monoisotopic (exact) mass is 1920 g/mol. The highest BCUT2D eigenvalue weighted by atomic mass is 28.4. The first-order valence-electron chi connectivity index (χ1n) is 47.5. The fourth-order valence-corrected chi connectivity index (χ4v) is 21.9. The van der Waals surface area contributed by atoms with Crippen molar-refractivity contribution in [3.05, 3.63) is 251 Å². The van der Waals surface area contributed by atoms with Crippen LogP contribution in [-0.2, 0) is 150 Å². The molecule has 0 aliphatic carbocycles. The van der Waals surface area contributed by atoms with Crippen molar-refractivity contribution in [1.82, 2.24) is 4.90 Å². The molecule has 0 amide bonds. The Morgan fingerprint density at radius 1 is 0.221 bits per heavy atom. The molecule has 10 atom stereocenters. The number of carbonyl (C=O) groups excluding carboxylic acids is 11. The minimum atomic E-state index is -2.99. The van der Waals surface area contributed by atoms with Crippen molar-refractivity contribution >= 4 is 90.6 Å². The molecule has 7 rings (SSSR count). The van der Waals surface area contributed by atoms with Crippen molar-refractivity contribution in [3.63, 3.8) is 0 Å². The maximum atomic E-state index is 16.9. The molecule has 0 radical (unpaired) electrons. The van der Waals surface area contributed by atoms with Gasteiger partial charge >= 0.3 is 47.8 Å². The highest BCUT2D eigenvalue weighted by Gasteiger charge is 2.62. The molecule has 7 aromatic rings. The summed E-state index contributed by atoms with van der Waals surface area (Å²) in [6.07, 6.45) is -5.03. The topological polar surface area (TPSA) is 293 Å². The number of hydrogen-bond acceptors (Lipinski definition) is 23. The molecule has 10 unspecified atom stereocenters. The summed E-state index contributed by atoms with van der Waals surface area (Å²) in [7, 11) is -8.41. The molecular weight excluding hydrogens is 1770 g/mol. The van der Waals surface area contributed by atoms with E-state index in [9.17, 15) is 4.79 Å². The second-order valence-electron chi connectivity index (χ2n) is 43.7. The number of hydrogen-bond donors (Lipinski definition) is 0. The fraction of sp³-hybridized carbons (Fsp3) is 0.518. The van der Waals surface area contributed by atoms with Gasteiger partial charge in [0.15, 0.2) is 0 Å². The maximum Gasteiger partial charge on any atom is 0.312 e. The molecular formula is C110H151NO22Si3. The Bertz CT molecular complexity index is 5110. The summed E-state index contributed by atoms with van der Waals surface area (Å²) in [5.74, 6) is -9.20. The highest BCUT2D eigenvalue weighted by molar-refractivity contribution is 6.72. The van der Waals surface area contributed by atoms with Gasteiger partial charge in [-0.2, -0.15) is 0 Å². The molecule has 23 nitrogen and oxygen atoms in total. The van der Waals surface area contributed by atoms with Crippen LogP contribution in [0, 0.1) is 59.6 Å². The second kappa shape index (κ2) is 48.1. The first-order chi connectivity index (χ1) is 63.4. The number of likely N-dealkylation sites (N-methyl/N-ethyl adjacent to an activating group) is 1. The minimum absolute atomic E-state index is 0.104. The molecule has 0 spiro atoms. The van der Waals surface area contributed by atoms with Crippen molar-refractivity contribution in [2.24, 2.45) is 59.6 Å². The average Bonchev–Trinajstić information content (AvgIpc) is 0.739. The van der Waals surface area contributed by atoms with Gasteiger partial charge in [0.1, 0.15) is 52.9 Å². The normalized spacial score (nSPS) is 16.4. The summed E-state index contributed by atoms with van der Waals surface area (Å²) in [6.45, 7) is 40.7. The van der Waals surface area contributed by atoms with Gasteiger partial charge in [-0.05, 0) is 265 Å². The van der Waals surface area contributed by atoms with Crippen LogP contribution in [-0.4, -0.2) is 122 Å². The van der Waals surface area contributed by atoms with Gasteiger partial charge in [-0.3, -0.25) is 52.7 Å². The van der Waals surface area contributed by atoms with Crippen LogP contribution in [0.2, 0.25) is 58.9 Å². The predicted molar refractivity (Wildman–Crippen MR) is 532 cm³/mol. The Morgan fingerprint density at radius 2 is 0.382 bits per heavy atom. The van der Waals surface area contributed by atoms with Crippen molar-refractivity contribution in [1.29, 1.82) is 0 Å². The van der Waals surface area contributed by atoms with Gasteiger partial charge < -0.3 is 56.1 Å². The van der Waals surface area contributed by atoms with Crippen LogP contribution < -0.4 is 0 Å². The first kappa shape index (κ1) is 112. The van der Waals surface area contributed by atoms with E-state index in [0.29, 0.717) is 52.0 Å². The summed E-state index contributed by atoms with van der Waals surface area (Å²) < 4.78 is 71.1. The zero-order valence-corrected chi connectivity index (χ0v) is 88.2. The zero-order valence-electron chi connectivity index (χ0n) is 85.2. The van der Waals surface area contributed by atoms with E-state index in [1.165, 1.54) is 13.8 Å². The van der Waals surface area contributed by atoms with Crippen LogP contribution in [0.3, 0.4) is 0 Å². The summed E-state index contributed by atoms with van der Waals surface area (Å²) in [5.41, 5.74) is -17.2. The summed E-state index contributed by atoms with van der Waals surface area (Å²) >= 11 is 0. The molecule has 0 aromatic heterocycles. The van der Waals surface area contributed by atoms with Crippen LogP contribution in [0.1, 0.15) is 213 Å². The SMILES string of the molecule is CCN(CC)CCOC(=O)C(C)(CC(C)(CC(C)(CC(C)(CC(C)(CC(C)(CC(C)(CC(C)(CC)C(=O)OCc1ccccc1)C(=O)OCc1ccccc1)C(=O)OCc1ccccc1)C(=O)OCc1ccccc1)C(=O)OCc1ccccc1)C(=O)OCc1ccccc1)C(=O)OCc1ccccc1)CC(C)(CC(C)(CC(C)(C)C(=O)O[Si](C)(C)C)C(=O)O[Si](C)(C)C)C(=O)O[Si](C)(C)C. The molecule has 0 aliphatic heterocycles. The maximum absolute atomic E-state index is 16.9. The molecule has 0 saturated heterocycles. The van der Waals surface area contributed by atoms with E-state index in [-0.39, 0.29) is 78.7 Å². The smallest absolute Gasteiger partial charge is 0.312 e. The number of rotatable bonds is 54. The van der Waals surface area contributed by atoms with E-state index in [4.69, 9.17) is 51.2 Å². The number of benzene rings is 7. The molecule has 0 N–H and O–H groups in total. The van der Waals surface area contributed by atoms with Crippen LogP contribution in [0.25, 0.3) is 0 Å². The standard InChI is InChI=1S/C110H151NO22Si3/c1-25-101(6,90(113)124-65-82-49-35-28-36-50-82)73-103(8,92(115)125-66-83-51-37-29-38-52-83)75-105(10,93(116)126-67-84-53-39-30-40-54-84)77-107(12,95(118)128-69-86-57-43-32-44-58-86)79-109(14,97(120)130-71-88-61-47-34-48-62-88)80-108(13,96(119)129-70-87-59-45-33-46-60-87)78-106(11,94(117)127-68-85-55-41-31-42-56-85)76-104(9,91(114)123-64-63-111(26-2)27-3)81-110(15,99(122)133-136(22,23)24)74-102(7,98(121)132-135(19,20)21)72-100(4,5)89(112)131-134(16,17)18/h28-62H,25-27,63-81H2,1-24H3. The average molecular weight is 1920 g/mol. The van der Waals surface area contributed by atoms with Gasteiger partial charge in [0, 0.05) is 6.54 Å². The molecule has 7 aromatic carbocycles. The second-order valence-corrected chi connectivity index (χ2v) is 57.0. The lowest BCUT2D eigenvalue weighted by atomic mass is 9.56. The van der Waals surface area contributed by atoms with Gasteiger partial charge in [0.2, 0.25) is 25.0 Å². The van der Waals surface area contributed by atoms with Gasteiger partial charge in [0.05, 0.1) is 59.6 Å². The van der Waals surface area contributed by atoms with E-state index in [1.54, 1.807) is 252 Å². The van der Waals surface area contributed by atoms with Gasteiger partial charge in [-0.25, -0.2) is 0 Å². The molecule has 740 valence electrons. The van der Waals surface area contributed by atoms with Crippen LogP contribution in [0.5, 0.6) is 0 Å². The van der Waals surface area contributed by atoms with Crippen molar-refractivity contribution in [2.75, 3.05) is 26.2 Å². The Hall–Kier alpha value is -10.7. The molecule has 0 saturated carbocycles. The minimum Gasteiger partial charge on any atom is -0.519 e. The summed E-state index contributed by atoms with van der Waals surface area (Å²) in [4.78, 5) is 180. The van der Waals surface area contributed by atoms with E-state index < -0.39 is 202 Å². The Labute approximate surface area is 811 Å². The Morgan fingerprint density at radius 3 is 0.566 bits per heavy atom. The third-order valence-electron chi connectivity index (χ3n) is 25.3. The molecule has 0 heterocycles. The van der Waals surface area contributed by atoms with E-state index in [0.717, 1.165) is 0 Å². The highest BCUT2D eigenvalue weighted by Crippen LogP contribution is 2.59. The van der Waals surface area contributed by atoms with Crippen molar-refractivity contribution in [3.8, 4) is 0 Å². The van der Waals surface area contributed by atoms with Crippen LogP contribution in [0.15, 0.2) is 212 Å². The molecule has 136 heavy (non-hydrogen) atoms. The van der Waals surface area contributed by atoms with E-state index in [2.05, 4.69) is 0 Å². The largest absolute Gasteiger partial charge is 0.519 e. The fourth-order valence-electron chi connectivity index (χ4n) is 19.5. The zero-order chi connectivity index (χ0) is 101. The summed E-state index contributed by atoms with van der Waals surface area (Å²) in [5, 5.41) is 0. The quantitative estimate of drug-likeness (QED) is 0.0194. The molecule has 0 fully saturated rings. The number of ether oxygens (including phenoxy) is 8. The first-order valence-corrected chi connectivity index (χ1v) is 57.7.